The highest BCUT2D eigenvalue weighted by molar-refractivity contribution is 6.30. The summed E-state index contributed by atoms with van der Waals surface area (Å²) in [5, 5.41) is 0.761. The molecular weight excluding hydrogens is 246 g/mol. The van der Waals surface area contributed by atoms with Crippen LogP contribution in [0.3, 0.4) is 0 Å². The van der Waals surface area contributed by atoms with Crippen LogP contribution in [-0.2, 0) is 19.4 Å². The van der Waals surface area contributed by atoms with E-state index in [1.165, 1.54) is 12.1 Å². The minimum absolute atomic E-state index is 0.649. The number of fused-ring (bicyclic) bond motifs is 1. The highest BCUT2D eigenvalue weighted by atomic mass is 35.5. The number of benzene rings is 1. The molecule has 3 rings (SSSR count). The van der Waals surface area contributed by atoms with E-state index in [2.05, 4.69) is 4.57 Å². The van der Waals surface area contributed by atoms with E-state index in [1.807, 2.05) is 24.3 Å². The van der Waals surface area contributed by atoms with Crippen LogP contribution in [0.5, 0.6) is 0 Å². The van der Waals surface area contributed by atoms with Crippen molar-refractivity contribution in [3.63, 3.8) is 0 Å². The Morgan fingerprint density at radius 3 is 2.78 bits per heavy atom. The number of rotatable bonds is 3. The van der Waals surface area contributed by atoms with Crippen molar-refractivity contribution in [3.05, 3.63) is 40.8 Å². The van der Waals surface area contributed by atoms with Gasteiger partial charge in [-0.3, -0.25) is 0 Å². The van der Waals surface area contributed by atoms with Crippen molar-refractivity contribution in [2.75, 3.05) is 6.54 Å². The van der Waals surface area contributed by atoms with Crippen molar-refractivity contribution in [1.82, 2.24) is 9.55 Å². The predicted octanol–water partition coefficient (Wildman–Crippen LogP) is 2.65. The van der Waals surface area contributed by atoms with Crippen LogP contribution in [0.25, 0.3) is 11.3 Å². The van der Waals surface area contributed by atoms with Crippen LogP contribution >= 0.6 is 11.6 Å². The van der Waals surface area contributed by atoms with E-state index in [-0.39, 0.29) is 0 Å². The second kappa shape index (κ2) is 4.75. The van der Waals surface area contributed by atoms with E-state index in [4.69, 9.17) is 22.3 Å². The summed E-state index contributed by atoms with van der Waals surface area (Å²) in [6.45, 7) is 1.72. The number of aromatic nitrogens is 2. The van der Waals surface area contributed by atoms with Gasteiger partial charge in [-0.1, -0.05) is 23.7 Å². The van der Waals surface area contributed by atoms with Gasteiger partial charge in [0.1, 0.15) is 5.82 Å². The molecule has 3 nitrogen and oxygen atoms in total. The first-order chi connectivity index (χ1) is 8.79. The van der Waals surface area contributed by atoms with E-state index in [1.54, 1.807) is 0 Å². The maximum absolute atomic E-state index is 5.93. The van der Waals surface area contributed by atoms with Crippen LogP contribution in [0.15, 0.2) is 24.3 Å². The van der Waals surface area contributed by atoms with Gasteiger partial charge in [0.2, 0.25) is 0 Å². The van der Waals surface area contributed by atoms with E-state index >= 15 is 0 Å². The third-order valence-electron chi connectivity index (χ3n) is 3.43. The topological polar surface area (TPSA) is 43.8 Å². The molecule has 94 valence electrons. The molecule has 1 aromatic carbocycles. The maximum atomic E-state index is 5.93. The lowest BCUT2D eigenvalue weighted by molar-refractivity contribution is 0.685. The molecule has 0 atom stereocenters. The summed E-state index contributed by atoms with van der Waals surface area (Å²) in [5.74, 6) is 1.12. The Hall–Kier alpha value is -1.32. The first kappa shape index (κ1) is 11.8. The number of hydrogen-bond donors (Lipinski definition) is 1. The van der Waals surface area contributed by atoms with Gasteiger partial charge in [-0.2, -0.15) is 0 Å². The van der Waals surface area contributed by atoms with Crippen molar-refractivity contribution in [1.29, 1.82) is 0 Å². The monoisotopic (exact) mass is 261 g/mol. The van der Waals surface area contributed by atoms with Gasteiger partial charge in [0.05, 0.1) is 5.69 Å². The SMILES string of the molecule is NCCc1nc(-c2ccc(Cl)cc2)c2n1CCC2. The molecule has 0 spiro atoms. The van der Waals surface area contributed by atoms with Gasteiger partial charge >= 0.3 is 0 Å². The third-order valence-corrected chi connectivity index (χ3v) is 3.68. The summed E-state index contributed by atoms with van der Waals surface area (Å²) in [5.41, 5.74) is 9.25. The van der Waals surface area contributed by atoms with Gasteiger partial charge in [0.15, 0.2) is 0 Å². The summed E-state index contributed by atoms with van der Waals surface area (Å²) in [6.07, 6.45) is 3.16. The normalized spacial score (nSPS) is 13.9. The molecule has 0 radical (unpaired) electrons. The lowest BCUT2D eigenvalue weighted by Crippen LogP contribution is -2.08. The van der Waals surface area contributed by atoms with Crippen molar-refractivity contribution >= 4 is 11.6 Å². The Balaban J connectivity index is 2.07. The minimum atomic E-state index is 0.649. The molecule has 0 saturated carbocycles. The molecule has 0 fully saturated rings. The third kappa shape index (κ3) is 1.93. The minimum Gasteiger partial charge on any atom is -0.331 e. The van der Waals surface area contributed by atoms with Crippen LogP contribution in [0.1, 0.15) is 17.9 Å². The fraction of sp³-hybridized carbons (Fsp3) is 0.357. The van der Waals surface area contributed by atoms with E-state index in [9.17, 15) is 0 Å². The van der Waals surface area contributed by atoms with Crippen molar-refractivity contribution < 1.29 is 0 Å². The molecule has 4 heteroatoms. The highest BCUT2D eigenvalue weighted by Gasteiger charge is 2.21. The van der Waals surface area contributed by atoms with Crippen LogP contribution in [0, 0.1) is 0 Å². The Kier molecular flexibility index (Phi) is 3.10. The molecule has 2 N–H and O–H groups in total. The lowest BCUT2D eigenvalue weighted by atomic mass is 10.1. The largest absolute Gasteiger partial charge is 0.331 e. The summed E-state index contributed by atoms with van der Waals surface area (Å²) in [6, 6.07) is 7.91. The molecule has 0 amide bonds. The van der Waals surface area contributed by atoms with Gasteiger partial charge < -0.3 is 10.3 Å². The van der Waals surface area contributed by atoms with Crippen molar-refractivity contribution in [3.8, 4) is 11.3 Å². The average molecular weight is 262 g/mol. The first-order valence-corrected chi connectivity index (χ1v) is 6.71. The fourth-order valence-electron chi connectivity index (χ4n) is 2.62. The Labute approximate surface area is 112 Å². The summed E-state index contributed by atoms with van der Waals surface area (Å²) >= 11 is 5.93. The second-order valence-electron chi connectivity index (χ2n) is 4.62. The van der Waals surface area contributed by atoms with Gasteiger partial charge in [-0.25, -0.2) is 4.98 Å². The Bertz CT molecular complexity index is 557. The molecule has 18 heavy (non-hydrogen) atoms. The summed E-state index contributed by atoms with van der Waals surface area (Å²) < 4.78 is 2.33. The molecule has 2 heterocycles. The van der Waals surface area contributed by atoms with Gasteiger partial charge in [0.25, 0.3) is 0 Å². The molecule has 2 aromatic rings. The number of nitrogens with zero attached hydrogens (tertiary/aromatic N) is 2. The molecule has 0 aliphatic carbocycles. The van der Waals surface area contributed by atoms with Crippen molar-refractivity contribution in [2.45, 2.75) is 25.8 Å². The predicted molar refractivity (Wildman–Crippen MR) is 73.8 cm³/mol. The van der Waals surface area contributed by atoms with E-state index in [0.29, 0.717) is 6.54 Å². The molecule has 1 aromatic heterocycles. The lowest BCUT2D eigenvalue weighted by Gasteiger charge is -2.01. The van der Waals surface area contributed by atoms with Crippen LogP contribution in [-0.4, -0.2) is 16.1 Å². The van der Waals surface area contributed by atoms with Crippen LogP contribution in [0.4, 0.5) is 0 Å². The molecule has 0 saturated heterocycles. The highest BCUT2D eigenvalue weighted by Crippen LogP contribution is 2.30. The average Bonchev–Trinajstić information content (AvgIpc) is 2.95. The molecule has 0 bridgehead atoms. The van der Waals surface area contributed by atoms with Crippen LogP contribution in [0.2, 0.25) is 5.02 Å². The summed E-state index contributed by atoms with van der Waals surface area (Å²) in [7, 11) is 0. The second-order valence-corrected chi connectivity index (χ2v) is 5.06. The molecule has 1 aliphatic rings. The van der Waals surface area contributed by atoms with E-state index in [0.717, 1.165) is 41.5 Å². The van der Waals surface area contributed by atoms with Crippen molar-refractivity contribution in [2.24, 2.45) is 5.73 Å². The zero-order valence-corrected chi connectivity index (χ0v) is 11.0. The van der Waals surface area contributed by atoms with Gasteiger partial charge in [0, 0.05) is 29.2 Å². The molecule has 0 unspecified atom stereocenters. The standard InChI is InChI=1S/C14H16ClN3/c15-11-5-3-10(4-6-11)14-12-2-1-9-18(12)13(17-14)7-8-16/h3-6H,1-2,7-9,16H2. The Morgan fingerprint density at radius 2 is 2.06 bits per heavy atom. The number of hydrogen-bond acceptors (Lipinski definition) is 2. The van der Waals surface area contributed by atoms with Gasteiger partial charge in [-0.15, -0.1) is 0 Å². The molecule has 1 aliphatic heterocycles. The molecular formula is C14H16ClN3. The Morgan fingerprint density at radius 1 is 1.28 bits per heavy atom. The number of halogens is 1. The number of imidazole rings is 1. The number of nitrogens with two attached hydrogens (primary N) is 1. The first-order valence-electron chi connectivity index (χ1n) is 6.34. The van der Waals surface area contributed by atoms with Gasteiger partial charge in [-0.05, 0) is 31.5 Å². The smallest absolute Gasteiger partial charge is 0.110 e. The van der Waals surface area contributed by atoms with Crippen LogP contribution < -0.4 is 5.73 Å². The zero-order valence-electron chi connectivity index (χ0n) is 10.2. The van der Waals surface area contributed by atoms with E-state index < -0.39 is 0 Å². The zero-order chi connectivity index (χ0) is 12.5. The quantitative estimate of drug-likeness (QED) is 0.923. The fourth-order valence-corrected chi connectivity index (χ4v) is 2.74. The maximum Gasteiger partial charge on any atom is 0.110 e. The summed E-state index contributed by atoms with van der Waals surface area (Å²) in [4.78, 5) is 4.76.